The van der Waals surface area contributed by atoms with E-state index < -0.39 is 0 Å². The van der Waals surface area contributed by atoms with Crippen molar-refractivity contribution in [2.75, 3.05) is 0 Å². The Balaban J connectivity index is 1.61. The van der Waals surface area contributed by atoms with Gasteiger partial charge in [-0.2, -0.15) is 5.10 Å². The third kappa shape index (κ3) is 4.57. The van der Waals surface area contributed by atoms with E-state index in [0.29, 0.717) is 5.56 Å². The van der Waals surface area contributed by atoms with Crippen LogP contribution in [0.15, 0.2) is 53.7 Å². The van der Waals surface area contributed by atoms with E-state index in [1.165, 1.54) is 5.56 Å². The average molecular weight is 381 g/mol. The maximum atomic E-state index is 12.6. The second kappa shape index (κ2) is 8.39. The number of carbonyl (C=O) groups excluding carboxylic acids is 1. The highest BCUT2D eigenvalue weighted by Gasteiger charge is 2.18. The van der Waals surface area contributed by atoms with Crippen LogP contribution in [0.3, 0.4) is 0 Å². The fraction of sp³-hybridized carbons (Fsp3) is 0.286. The molecule has 0 fully saturated rings. The van der Waals surface area contributed by atoms with Crippen molar-refractivity contribution < 1.29 is 4.79 Å². The molecule has 0 aliphatic heterocycles. The minimum Gasteiger partial charge on any atom is -0.345 e. The van der Waals surface area contributed by atoms with Gasteiger partial charge in [0.15, 0.2) is 0 Å². The molecule has 2 aromatic heterocycles. The van der Waals surface area contributed by atoms with Crippen molar-refractivity contribution in [2.24, 2.45) is 7.05 Å². The summed E-state index contributed by atoms with van der Waals surface area (Å²) < 4.78 is 1.85. The number of hydrogen-bond donors (Lipinski definition) is 1. The van der Waals surface area contributed by atoms with Crippen molar-refractivity contribution in [3.05, 3.63) is 76.9 Å². The van der Waals surface area contributed by atoms with Crippen LogP contribution in [0.25, 0.3) is 0 Å². The van der Waals surface area contributed by atoms with Crippen molar-refractivity contribution in [1.82, 2.24) is 20.1 Å². The van der Waals surface area contributed by atoms with Gasteiger partial charge in [0.05, 0.1) is 11.7 Å². The molecule has 27 heavy (non-hydrogen) atoms. The molecule has 0 spiro atoms. The molecule has 5 nitrogen and oxygen atoms in total. The van der Waals surface area contributed by atoms with Gasteiger partial charge in [-0.05, 0) is 56.7 Å². The molecule has 140 valence electrons. The molecule has 0 saturated heterocycles. The Morgan fingerprint density at radius 1 is 1.22 bits per heavy atom. The van der Waals surface area contributed by atoms with Crippen molar-refractivity contribution in [2.45, 2.75) is 37.5 Å². The molecule has 1 amide bonds. The molecule has 6 heteroatoms. The molecule has 1 N–H and O–H groups in total. The lowest BCUT2D eigenvalue weighted by molar-refractivity contribution is 0.0939. The van der Waals surface area contributed by atoms with E-state index in [2.05, 4.69) is 21.5 Å². The molecular formula is C21H24N4OS. The molecule has 1 atom stereocenters. The Kier molecular flexibility index (Phi) is 5.96. The topological polar surface area (TPSA) is 59.8 Å². The van der Waals surface area contributed by atoms with Gasteiger partial charge >= 0.3 is 0 Å². The maximum absolute atomic E-state index is 12.6. The lowest BCUT2D eigenvalue weighted by atomic mass is 10.1. The van der Waals surface area contributed by atoms with Gasteiger partial charge in [-0.15, -0.1) is 11.8 Å². The number of aryl methyl sites for hydroxylation is 2. The minimum absolute atomic E-state index is 0.0750. The first-order valence-electron chi connectivity index (χ1n) is 8.88. The molecule has 0 bridgehead atoms. The fourth-order valence-corrected chi connectivity index (χ4v) is 3.95. The van der Waals surface area contributed by atoms with Crippen molar-refractivity contribution in [1.29, 1.82) is 0 Å². The first kappa shape index (κ1) is 19.2. The van der Waals surface area contributed by atoms with E-state index in [0.717, 1.165) is 27.6 Å². The molecule has 3 aromatic rings. The smallest absolute Gasteiger partial charge is 0.251 e. The molecule has 2 heterocycles. The van der Waals surface area contributed by atoms with E-state index in [9.17, 15) is 4.79 Å². The van der Waals surface area contributed by atoms with Crippen LogP contribution in [0.5, 0.6) is 0 Å². The Morgan fingerprint density at radius 2 is 1.96 bits per heavy atom. The van der Waals surface area contributed by atoms with Crippen molar-refractivity contribution >= 4 is 17.7 Å². The third-order valence-corrected chi connectivity index (χ3v) is 5.67. The predicted octanol–water partition coefficient (Wildman–Crippen LogP) is 4.22. The van der Waals surface area contributed by atoms with Gasteiger partial charge in [0.1, 0.15) is 0 Å². The standard InChI is InChI=1S/C21H24N4OS/c1-14(20-15(2)24-25(4)16(20)3)23-21(26)18-7-9-19(10-8-18)27-13-17-6-5-11-22-12-17/h5-12,14H,13H2,1-4H3,(H,23,26). The summed E-state index contributed by atoms with van der Waals surface area (Å²) >= 11 is 1.73. The number of hydrogen-bond acceptors (Lipinski definition) is 4. The van der Waals surface area contributed by atoms with Gasteiger partial charge in [0, 0.05) is 46.9 Å². The van der Waals surface area contributed by atoms with Gasteiger partial charge in [-0.25, -0.2) is 0 Å². The number of aromatic nitrogens is 3. The van der Waals surface area contributed by atoms with Gasteiger partial charge in [0.2, 0.25) is 0 Å². The third-order valence-electron chi connectivity index (χ3n) is 4.59. The predicted molar refractivity (Wildman–Crippen MR) is 109 cm³/mol. The largest absolute Gasteiger partial charge is 0.345 e. The van der Waals surface area contributed by atoms with Gasteiger partial charge in [-0.1, -0.05) is 6.07 Å². The zero-order valence-corrected chi connectivity index (χ0v) is 16.9. The first-order chi connectivity index (χ1) is 13.0. The van der Waals surface area contributed by atoms with Crippen LogP contribution in [-0.2, 0) is 12.8 Å². The van der Waals surface area contributed by atoms with Crippen LogP contribution in [0.2, 0.25) is 0 Å². The first-order valence-corrected chi connectivity index (χ1v) is 9.87. The summed E-state index contributed by atoms with van der Waals surface area (Å²) in [7, 11) is 1.92. The normalized spacial score (nSPS) is 12.0. The molecule has 1 aromatic carbocycles. The number of carbonyl (C=O) groups is 1. The summed E-state index contributed by atoms with van der Waals surface area (Å²) in [5, 5.41) is 7.50. The summed E-state index contributed by atoms with van der Waals surface area (Å²) in [4.78, 5) is 17.9. The lowest BCUT2D eigenvalue weighted by Crippen LogP contribution is -2.27. The highest BCUT2D eigenvalue weighted by Crippen LogP contribution is 2.24. The lowest BCUT2D eigenvalue weighted by Gasteiger charge is -2.15. The Labute approximate surface area is 164 Å². The van der Waals surface area contributed by atoms with Gasteiger partial charge in [0.25, 0.3) is 5.91 Å². The second-order valence-electron chi connectivity index (χ2n) is 6.58. The number of amides is 1. The number of pyridine rings is 1. The summed E-state index contributed by atoms with van der Waals surface area (Å²) in [6.07, 6.45) is 3.65. The molecule has 0 saturated carbocycles. The minimum atomic E-state index is -0.0918. The molecular weight excluding hydrogens is 356 g/mol. The number of nitrogens with zero attached hydrogens (tertiary/aromatic N) is 3. The fourth-order valence-electron chi connectivity index (χ4n) is 3.12. The van der Waals surface area contributed by atoms with Gasteiger partial charge < -0.3 is 5.32 Å². The van der Waals surface area contributed by atoms with Crippen LogP contribution in [-0.4, -0.2) is 20.7 Å². The monoisotopic (exact) mass is 380 g/mol. The van der Waals surface area contributed by atoms with E-state index >= 15 is 0 Å². The summed E-state index contributed by atoms with van der Waals surface area (Å²) in [6, 6.07) is 11.6. The molecule has 0 aliphatic rings. The molecule has 0 aliphatic carbocycles. The average Bonchev–Trinajstić information content (AvgIpc) is 2.93. The molecule has 3 rings (SSSR count). The maximum Gasteiger partial charge on any atom is 0.251 e. The van der Waals surface area contributed by atoms with E-state index in [4.69, 9.17) is 0 Å². The highest BCUT2D eigenvalue weighted by molar-refractivity contribution is 7.98. The van der Waals surface area contributed by atoms with E-state index in [1.54, 1.807) is 18.0 Å². The Bertz CT molecular complexity index is 919. The van der Waals surface area contributed by atoms with Crippen LogP contribution < -0.4 is 5.32 Å². The second-order valence-corrected chi connectivity index (χ2v) is 7.63. The van der Waals surface area contributed by atoms with Crippen LogP contribution >= 0.6 is 11.8 Å². The van der Waals surface area contributed by atoms with Crippen LogP contribution in [0.1, 0.15) is 45.8 Å². The Hall–Kier alpha value is -2.60. The summed E-state index contributed by atoms with van der Waals surface area (Å²) in [5.41, 5.74) is 4.94. The number of thioether (sulfide) groups is 1. The van der Waals surface area contributed by atoms with Crippen molar-refractivity contribution in [3.8, 4) is 0 Å². The van der Waals surface area contributed by atoms with E-state index in [-0.39, 0.29) is 11.9 Å². The zero-order chi connectivity index (χ0) is 19.4. The van der Waals surface area contributed by atoms with Crippen LogP contribution in [0, 0.1) is 13.8 Å². The quantitative estimate of drug-likeness (QED) is 0.651. The summed E-state index contributed by atoms with van der Waals surface area (Å²) in [6.45, 7) is 5.98. The zero-order valence-electron chi connectivity index (χ0n) is 16.1. The van der Waals surface area contributed by atoms with Crippen LogP contribution in [0.4, 0.5) is 0 Å². The van der Waals surface area contributed by atoms with E-state index in [1.807, 2.05) is 69.0 Å². The molecule has 1 unspecified atom stereocenters. The highest BCUT2D eigenvalue weighted by atomic mass is 32.2. The SMILES string of the molecule is Cc1nn(C)c(C)c1C(C)NC(=O)c1ccc(SCc2cccnc2)cc1. The number of nitrogens with one attached hydrogen (secondary N) is 1. The Morgan fingerprint density at radius 3 is 2.56 bits per heavy atom. The summed E-state index contributed by atoms with van der Waals surface area (Å²) in [5.74, 6) is 0.782. The number of rotatable bonds is 6. The van der Waals surface area contributed by atoms with Gasteiger partial charge in [-0.3, -0.25) is 14.5 Å². The molecule has 0 radical (unpaired) electrons. The van der Waals surface area contributed by atoms with Crippen molar-refractivity contribution in [3.63, 3.8) is 0 Å². The number of benzene rings is 1.